The highest BCUT2D eigenvalue weighted by Gasteiger charge is 2.19. The van der Waals surface area contributed by atoms with Gasteiger partial charge in [0, 0.05) is 31.4 Å². The molecule has 0 radical (unpaired) electrons. The summed E-state index contributed by atoms with van der Waals surface area (Å²) in [6.45, 7) is 4.10. The van der Waals surface area contributed by atoms with Crippen molar-refractivity contribution < 1.29 is 8.42 Å². The molecule has 0 aliphatic heterocycles. The van der Waals surface area contributed by atoms with E-state index in [1.54, 1.807) is 17.1 Å². The molecular formula is C11H19N7O2S. The minimum absolute atomic E-state index is 0.115. The van der Waals surface area contributed by atoms with E-state index < -0.39 is 10.0 Å². The summed E-state index contributed by atoms with van der Waals surface area (Å²) >= 11 is 0. The van der Waals surface area contributed by atoms with Gasteiger partial charge >= 0.3 is 0 Å². The molecule has 0 unspecified atom stereocenters. The fourth-order valence-corrected chi connectivity index (χ4v) is 2.99. The van der Waals surface area contributed by atoms with Crippen LogP contribution in [0.2, 0.25) is 0 Å². The van der Waals surface area contributed by atoms with Crippen molar-refractivity contribution in [3.05, 3.63) is 24.2 Å². The highest BCUT2D eigenvalue weighted by molar-refractivity contribution is 7.89. The molecule has 0 bridgehead atoms. The Hall–Kier alpha value is -1.78. The average molecular weight is 313 g/mol. The summed E-state index contributed by atoms with van der Waals surface area (Å²) in [6, 6.07) is 0. The monoisotopic (exact) mass is 313 g/mol. The topological polar surface area (TPSA) is 118 Å². The Morgan fingerprint density at radius 2 is 2.29 bits per heavy atom. The summed E-state index contributed by atoms with van der Waals surface area (Å²) in [5.41, 5.74) is 0.626. The lowest BCUT2D eigenvalue weighted by molar-refractivity contribution is 0.540. The second-order valence-electron chi connectivity index (χ2n) is 4.42. The zero-order chi connectivity index (χ0) is 15.1. The van der Waals surface area contributed by atoms with E-state index >= 15 is 0 Å². The highest BCUT2D eigenvalue weighted by atomic mass is 32.2. The maximum Gasteiger partial charge on any atom is 0.257 e. The van der Waals surface area contributed by atoms with Crippen molar-refractivity contribution in [1.29, 1.82) is 0 Å². The summed E-state index contributed by atoms with van der Waals surface area (Å²) < 4.78 is 28.6. The molecule has 10 heteroatoms. The molecule has 2 rings (SSSR count). The Kier molecular flexibility index (Phi) is 5.42. The van der Waals surface area contributed by atoms with E-state index in [4.69, 9.17) is 0 Å². The fourth-order valence-electron chi connectivity index (χ4n) is 1.79. The number of nitrogens with zero attached hydrogens (tertiary/aromatic N) is 4. The van der Waals surface area contributed by atoms with E-state index in [0.29, 0.717) is 31.6 Å². The zero-order valence-electron chi connectivity index (χ0n) is 11.8. The second-order valence-corrected chi connectivity index (χ2v) is 6.13. The van der Waals surface area contributed by atoms with Crippen molar-refractivity contribution in [3.63, 3.8) is 0 Å². The Morgan fingerprint density at radius 1 is 1.43 bits per heavy atom. The number of sulfonamides is 1. The standard InChI is InChI=1S/C11H19N7O2S/c1-2-12-8-10-9-14-16-11(10)21(19,20)15-4-3-6-18-7-5-13-17-18/h5,7,9,12,15H,2-4,6,8H2,1H3,(H,14,16). The van der Waals surface area contributed by atoms with E-state index in [0.717, 1.165) is 6.54 Å². The van der Waals surface area contributed by atoms with E-state index in [2.05, 4.69) is 30.5 Å². The molecule has 2 aromatic heterocycles. The summed E-state index contributed by atoms with van der Waals surface area (Å²) in [7, 11) is -3.57. The number of rotatable bonds is 9. The summed E-state index contributed by atoms with van der Waals surface area (Å²) in [6.07, 6.45) is 5.46. The minimum atomic E-state index is -3.57. The van der Waals surface area contributed by atoms with Crippen LogP contribution in [-0.4, -0.2) is 46.7 Å². The van der Waals surface area contributed by atoms with Crippen LogP contribution < -0.4 is 10.0 Å². The molecule has 2 aromatic rings. The fraction of sp³-hybridized carbons (Fsp3) is 0.545. The number of hydrogen-bond donors (Lipinski definition) is 3. The quantitative estimate of drug-likeness (QED) is 0.536. The Labute approximate surface area is 123 Å². The van der Waals surface area contributed by atoms with Crippen molar-refractivity contribution >= 4 is 10.0 Å². The first-order valence-corrected chi connectivity index (χ1v) is 8.18. The zero-order valence-corrected chi connectivity index (χ0v) is 12.6. The van der Waals surface area contributed by atoms with E-state index in [1.165, 1.54) is 6.20 Å². The molecule has 2 heterocycles. The van der Waals surface area contributed by atoms with Gasteiger partial charge in [-0.1, -0.05) is 12.1 Å². The summed E-state index contributed by atoms with van der Waals surface area (Å²) in [5.74, 6) is 0. The molecule has 0 spiro atoms. The van der Waals surface area contributed by atoms with Crippen LogP contribution in [0, 0.1) is 0 Å². The molecule has 9 nitrogen and oxygen atoms in total. The van der Waals surface area contributed by atoms with Crippen molar-refractivity contribution in [1.82, 2.24) is 35.2 Å². The van der Waals surface area contributed by atoms with Crippen LogP contribution in [-0.2, 0) is 23.1 Å². The molecule has 116 valence electrons. The normalized spacial score (nSPS) is 11.9. The molecule has 0 saturated heterocycles. The molecule has 0 aliphatic carbocycles. The maximum atomic E-state index is 12.2. The highest BCUT2D eigenvalue weighted by Crippen LogP contribution is 2.11. The first kappa shape index (κ1) is 15.6. The van der Waals surface area contributed by atoms with Gasteiger partial charge in [0.1, 0.15) is 0 Å². The summed E-state index contributed by atoms with van der Waals surface area (Å²) in [4.78, 5) is 0. The van der Waals surface area contributed by atoms with Gasteiger partial charge in [0.15, 0.2) is 5.03 Å². The van der Waals surface area contributed by atoms with E-state index in [1.807, 2.05) is 6.92 Å². The predicted octanol–water partition coefficient (Wildman–Crippen LogP) is -0.521. The molecule has 0 aliphatic rings. The second kappa shape index (κ2) is 7.29. The Morgan fingerprint density at radius 3 is 3.00 bits per heavy atom. The number of aryl methyl sites for hydroxylation is 1. The van der Waals surface area contributed by atoms with Crippen LogP contribution >= 0.6 is 0 Å². The van der Waals surface area contributed by atoms with Gasteiger partial charge in [-0.05, 0) is 13.0 Å². The molecule has 3 N–H and O–H groups in total. The first-order chi connectivity index (χ1) is 10.1. The Bertz CT molecular complexity index is 635. The first-order valence-electron chi connectivity index (χ1n) is 6.70. The van der Waals surface area contributed by atoms with E-state index in [9.17, 15) is 8.42 Å². The van der Waals surface area contributed by atoms with Crippen LogP contribution in [0.3, 0.4) is 0 Å². The van der Waals surface area contributed by atoms with Crippen LogP contribution in [0.5, 0.6) is 0 Å². The molecular weight excluding hydrogens is 294 g/mol. The van der Waals surface area contributed by atoms with Gasteiger partial charge in [0.05, 0.1) is 12.4 Å². The third-order valence-electron chi connectivity index (χ3n) is 2.84. The predicted molar refractivity (Wildman–Crippen MR) is 75.8 cm³/mol. The number of aromatic nitrogens is 5. The minimum Gasteiger partial charge on any atom is -0.313 e. The lowest BCUT2D eigenvalue weighted by Gasteiger charge is -2.07. The lowest BCUT2D eigenvalue weighted by atomic mass is 10.3. The van der Waals surface area contributed by atoms with Crippen molar-refractivity contribution in [3.8, 4) is 0 Å². The van der Waals surface area contributed by atoms with E-state index in [-0.39, 0.29) is 5.03 Å². The lowest BCUT2D eigenvalue weighted by Crippen LogP contribution is -2.27. The largest absolute Gasteiger partial charge is 0.313 e. The average Bonchev–Trinajstić information content (AvgIpc) is 3.12. The molecule has 0 atom stereocenters. The van der Waals surface area contributed by atoms with Crippen molar-refractivity contribution in [2.75, 3.05) is 13.1 Å². The van der Waals surface area contributed by atoms with Gasteiger partial charge in [-0.3, -0.25) is 9.78 Å². The van der Waals surface area contributed by atoms with Crippen molar-refractivity contribution in [2.24, 2.45) is 0 Å². The molecule has 21 heavy (non-hydrogen) atoms. The van der Waals surface area contributed by atoms with Gasteiger partial charge in [-0.2, -0.15) is 5.10 Å². The third kappa shape index (κ3) is 4.34. The van der Waals surface area contributed by atoms with Gasteiger partial charge in [0.25, 0.3) is 10.0 Å². The van der Waals surface area contributed by atoms with Crippen LogP contribution in [0.25, 0.3) is 0 Å². The number of hydrogen-bond acceptors (Lipinski definition) is 6. The van der Waals surface area contributed by atoms with Crippen LogP contribution in [0.1, 0.15) is 18.9 Å². The smallest absolute Gasteiger partial charge is 0.257 e. The van der Waals surface area contributed by atoms with Gasteiger partial charge in [-0.25, -0.2) is 13.1 Å². The summed E-state index contributed by atoms with van der Waals surface area (Å²) in [5, 5.41) is 17.0. The third-order valence-corrected chi connectivity index (χ3v) is 4.32. The SMILES string of the molecule is CCNCc1cn[nH]c1S(=O)(=O)NCCCn1ccnn1. The molecule has 0 aromatic carbocycles. The number of nitrogens with one attached hydrogen (secondary N) is 3. The van der Waals surface area contributed by atoms with Crippen molar-refractivity contribution in [2.45, 2.75) is 31.5 Å². The Balaban J connectivity index is 1.87. The van der Waals surface area contributed by atoms with Crippen LogP contribution in [0.15, 0.2) is 23.6 Å². The van der Waals surface area contributed by atoms with Gasteiger partial charge < -0.3 is 5.32 Å². The number of H-pyrrole nitrogens is 1. The number of aromatic amines is 1. The van der Waals surface area contributed by atoms with Gasteiger partial charge in [-0.15, -0.1) is 5.10 Å². The molecule has 0 amide bonds. The molecule has 0 fully saturated rings. The maximum absolute atomic E-state index is 12.2. The molecule has 0 saturated carbocycles. The van der Waals surface area contributed by atoms with Gasteiger partial charge in [0.2, 0.25) is 0 Å². The van der Waals surface area contributed by atoms with Crippen LogP contribution in [0.4, 0.5) is 0 Å².